The second-order valence-corrected chi connectivity index (χ2v) is 9.08. The number of carboxylic acids is 2. The Morgan fingerprint density at radius 3 is 2.58 bits per heavy atom. The van der Waals surface area contributed by atoms with Crippen LogP contribution in [-0.2, 0) is 12.8 Å². The Labute approximate surface area is 188 Å². The number of fused-ring (bicyclic) bond motifs is 1. The molecule has 0 bridgehead atoms. The maximum Gasteiger partial charge on any atom is 0.339 e. The lowest BCUT2D eigenvalue weighted by atomic mass is 9.95. The van der Waals surface area contributed by atoms with Gasteiger partial charge in [0.25, 0.3) is 0 Å². The third kappa shape index (κ3) is 3.91. The van der Waals surface area contributed by atoms with Crippen LogP contribution in [0.3, 0.4) is 0 Å². The number of aromatic carboxylic acids is 2. The van der Waals surface area contributed by atoms with Gasteiger partial charge in [0.1, 0.15) is 5.00 Å². The molecule has 4 rings (SSSR count). The fourth-order valence-electron chi connectivity index (χ4n) is 4.06. The van der Waals surface area contributed by atoms with Crippen molar-refractivity contribution in [3.05, 3.63) is 67.8 Å². The first-order valence-electron chi connectivity index (χ1n) is 9.92. The van der Waals surface area contributed by atoms with Crippen molar-refractivity contribution in [2.24, 2.45) is 4.99 Å². The first kappa shape index (κ1) is 21.3. The number of aromatic nitrogens is 1. The van der Waals surface area contributed by atoms with E-state index in [-0.39, 0.29) is 10.6 Å². The Kier molecular flexibility index (Phi) is 5.73. The van der Waals surface area contributed by atoms with Crippen LogP contribution < -0.4 is 0 Å². The zero-order valence-corrected chi connectivity index (χ0v) is 18.7. The topological polar surface area (TPSA) is 91.9 Å². The molecule has 0 unspecified atom stereocenters. The van der Waals surface area contributed by atoms with E-state index < -0.39 is 11.9 Å². The Balaban J connectivity index is 1.75. The van der Waals surface area contributed by atoms with Gasteiger partial charge in [-0.05, 0) is 69.4 Å². The van der Waals surface area contributed by atoms with Gasteiger partial charge >= 0.3 is 11.9 Å². The van der Waals surface area contributed by atoms with Crippen molar-refractivity contribution in [3.63, 3.8) is 0 Å². The molecule has 160 valence electrons. The molecule has 0 saturated heterocycles. The van der Waals surface area contributed by atoms with E-state index in [9.17, 15) is 19.8 Å². The smallest absolute Gasteiger partial charge is 0.339 e. The summed E-state index contributed by atoms with van der Waals surface area (Å²) < 4.78 is 1.98. The minimum atomic E-state index is -1.11. The average molecular weight is 457 g/mol. The Hall–Kier alpha value is -2.90. The summed E-state index contributed by atoms with van der Waals surface area (Å²) in [6, 6.07) is 6.55. The highest BCUT2D eigenvalue weighted by atomic mass is 35.5. The molecule has 3 aromatic rings. The predicted molar refractivity (Wildman–Crippen MR) is 122 cm³/mol. The third-order valence-electron chi connectivity index (χ3n) is 5.57. The average Bonchev–Trinajstić information content (AvgIpc) is 3.23. The number of hydrogen-bond donors (Lipinski definition) is 2. The molecule has 1 aliphatic carbocycles. The summed E-state index contributed by atoms with van der Waals surface area (Å²) in [5.74, 6) is -2.00. The second kappa shape index (κ2) is 8.32. The van der Waals surface area contributed by atoms with Gasteiger partial charge in [0.2, 0.25) is 0 Å². The Bertz CT molecular complexity index is 1240. The van der Waals surface area contributed by atoms with E-state index in [1.54, 1.807) is 23.6 Å². The van der Waals surface area contributed by atoms with E-state index in [0.29, 0.717) is 11.3 Å². The number of aliphatic imine (C=N–C) groups is 1. The molecule has 0 radical (unpaired) electrons. The maximum absolute atomic E-state index is 12.1. The minimum absolute atomic E-state index is 0.00273. The van der Waals surface area contributed by atoms with E-state index in [0.717, 1.165) is 53.2 Å². The molecular weight excluding hydrogens is 436 g/mol. The Morgan fingerprint density at radius 2 is 1.87 bits per heavy atom. The van der Waals surface area contributed by atoms with Crippen LogP contribution >= 0.6 is 22.9 Å². The lowest BCUT2D eigenvalue weighted by molar-refractivity contribution is 0.0685. The summed E-state index contributed by atoms with van der Waals surface area (Å²) in [6.45, 7) is 3.88. The molecule has 1 aliphatic rings. The fourth-order valence-corrected chi connectivity index (χ4v) is 5.75. The number of benzene rings is 1. The zero-order valence-electron chi connectivity index (χ0n) is 17.1. The first-order chi connectivity index (χ1) is 14.8. The number of carboxylic acid groups (broad SMARTS) is 2. The van der Waals surface area contributed by atoms with Crippen molar-refractivity contribution in [2.45, 2.75) is 39.5 Å². The largest absolute Gasteiger partial charge is 0.478 e. The quantitative estimate of drug-likeness (QED) is 0.472. The summed E-state index contributed by atoms with van der Waals surface area (Å²) in [4.78, 5) is 29.0. The molecule has 0 aliphatic heterocycles. The monoisotopic (exact) mass is 456 g/mol. The van der Waals surface area contributed by atoms with E-state index >= 15 is 0 Å². The highest BCUT2D eigenvalue weighted by Crippen LogP contribution is 2.38. The summed E-state index contributed by atoms with van der Waals surface area (Å²) >= 11 is 7.49. The van der Waals surface area contributed by atoms with Crippen molar-refractivity contribution in [2.75, 3.05) is 0 Å². The lowest BCUT2D eigenvalue weighted by Gasteiger charge is -2.11. The first-order valence-corrected chi connectivity index (χ1v) is 11.1. The molecule has 6 nitrogen and oxygen atoms in total. The van der Waals surface area contributed by atoms with Gasteiger partial charge in [-0.2, -0.15) is 0 Å². The number of thiophene rings is 1. The predicted octanol–water partition coefficient (Wildman–Crippen LogP) is 5.83. The van der Waals surface area contributed by atoms with Gasteiger partial charge in [-0.1, -0.05) is 11.6 Å². The molecule has 0 amide bonds. The van der Waals surface area contributed by atoms with Crippen LogP contribution in [0.2, 0.25) is 5.02 Å². The van der Waals surface area contributed by atoms with Gasteiger partial charge < -0.3 is 14.8 Å². The van der Waals surface area contributed by atoms with Crippen LogP contribution in [0, 0.1) is 13.8 Å². The van der Waals surface area contributed by atoms with Gasteiger partial charge in [-0.15, -0.1) is 11.3 Å². The summed E-state index contributed by atoms with van der Waals surface area (Å²) in [7, 11) is 0. The molecular formula is C23H21ClN2O4S. The van der Waals surface area contributed by atoms with Gasteiger partial charge in [-0.3, -0.25) is 4.99 Å². The molecule has 2 N–H and O–H groups in total. The number of aryl methyl sites for hydroxylation is 2. The van der Waals surface area contributed by atoms with Crippen molar-refractivity contribution >= 4 is 46.8 Å². The lowest BCUT2D eigenvalue weighted by Crippen LogP contribution is -2.09. The highest BCUT2D eigenvalue weighted by Gasteiger charge is 2.27. The molecule has 8 heteroatoms. The van der Waals surface area contributed by atoms with Gasteiger partial charge in [0, 0.05) is 28.0 Å². The zero-order chi connectivity index (χ0) is 22.3. The highest BCUT2D eigenvalue weighted by molar-refractivity contribution is 7.15. The van der Waals surface area contributed by atoms with Gasteiger partial charge in [-0.25, -0.2) is 9.59 Å². The van der Waals surface area contributed by atoms with E-state index in [1.807, 2.05) is 24.5 Å². The van der Waals surface area contributed by atoms with E-state index in [1.165, 1.54) is 17.0 Å². The molecule has 0 fully saturated rings. The third-order valence-corrected chi connectivity index (χ3v) is 7.18. The van der Waals surface area contributed by atoms with Crippen LogP contribution in [0.5, 0.6) is 0 Å². The molecule has 31 heavy (non-hydrogen) atoms. The summed E-state index contributed by atoms with van der Waals surface area (Å²) in [5, 5.41) is 20.1. The molecule has 0 atom stereocenters. The number of carbonyl (C=O) groups is 2. The molecule has 2 heterocycles. The maximum atomic E-state index is 12.1. The summed E-state index contributed by atoms with van der Waals surface area (Å²) in [5.41, 5.74) is 4.50. The number of nitrogens with zero attached hydrogens (tertiary/aromatic N) is 2. The van der Waals surface area contributed by atoms with Crippen LogP contribution in [0.25, 0.3) is 5.00 Å². The second-order valence-electron chi connectivity index (χ2n) is 7.59. The van der Waals surface area contributed by atoms with Crippen LogP contribution in [0.1, 0.15) is 60.9 Å². The van der Waals surface area contributed by atoms with Crippen molar-refractivity contribution < 1.29 is 19.8 Å². The van der Waals surface area contributed by atoms with Gasteiger partial charge in [0.15, 0.2) is 0 Å². The van der Waals surface area contributed by atoms with Crippen LogP contribution in [-0.4, -0.2) is 32.9 Å². The van der Waals surface area contributed by atoms with Crippen molar-refractivity contribution in [1.29, 1.82) is 0 Å². The number of hydrogen-bond acceptors (Lipinski definition) is 4. The standard InChI is InChI=1S/C23H21ClN2O4S/c1-12-9-14(11-25-15-7-8-18(24)17(10-15)22(27)28)13(2)26(12)21-20(23(29)30)16-5-3-4-6-19(16)31-21/h7-11H,3-6H2,1-2H3,(H,27,28)(H,29,30). The van der Waals surface area contributed by atoms with E-state index in [4.69, 9.17) is 11.6 Å². The normalized spacial score (nSPS) is 13.5. The van der Waals surface area contributed by atoms with Crippen molar-refractivity contribution in [1.82, 2.24) is 4.57 Å². The van der Waals surface area contributed by atoms with Crippen molar-refractivity contribution in [3.8, 4) is 5.00 Å². The summed E-state index contributed by atoms with van der Waals surface area (Å²) in [6.07, 6.45) is 5.51. The number of rotatable bonds is 5. The van der Waals surface area contributed by atoms with Crippen LogP contribution in [0.4, 0.5) is 5.69 Å². The molecule has 0 spiro atoms. The molecule has 1 aromatic carbocycles. The molecule has 2 aromatic heterocycles. The minimum Gasteiger partial charge on any atom is -0.478 e. The molecule has 0 saturated carbocycles. The number of halogens is 1. The SMILES string of the molecule is Cc1cc(C=Nc2ccc(Cl)c(C(=O)O)c2)c(C)n1-c1sc2c(c1C(=O)O)CCCC2. The Morgan fingerprint density at radius 1 is 1.13 bits per heavy atom. The van der Waals surface area contributed by atoms with Gasteiger partial charge in [0.05, 0.1) is 21.8 Å². The fraction of sp³-hybridized carbons (Fsp3) is 0.261. The van der Waals surface area contributed by atoms with E-state index in [2.05, 4.69) is 4.99 Å². The van der Waals surface area contributed by atoms with Crippen LogP contribution in [0.15, 0.2) is 29.3 Å².